The standard InChI is InChI=1S/C23H26FN5O2/c1-2-31-14-22(30)28-12-18-11-27(10-16-6-7-29-21(8-16)25-15-26-29)13-20(18)23(28)17-4-3-5-19(24)9-17/h3-9,15,18,20,23H,2,10-14H2,1H3/t18-,20-,23+/m0/s1. The van der Waals surface area contributed by atoms with E-state index in [4.69, 9.17) is 4.74 Å². The van der Waals surface area contributed by atoms with Crippen molar-refractivity contribution in [2.24, 2.45) is 11.8 Å². The molecule has 0 bridgehead atoms. The molecule has 3 aromatic rings. The molecule has 1 amide bonds. The summed E-state index contributed by atoms with van der Waals surface area (Å²) in [7, 11) is 0. The van der Waals surface area contributed by atoms with Gasteiger partial charge in [0.05, 0.1) is 6.04 Å². The van der Waals surface area contributed by atoms with Gasteiger partial charge in [-0.2, -0.15) is 5.10 Å². The van der Waals surface area contributed by atoms with Gasteiger partial charge in [0.2, 0.25) is 5.91 Å². The molecule has 0 radical (unpaired) electrons. The Morgan fingerprint density at radius 1 is 1.23 bits per heavy atom. The molecule has 0 saturated carbocycles. The van der Waals surface area contributed by atoms with Crippen LogP contribution in [0.1, 0.15) is 24.1 Å². The Labute approximate surface area is 180 Å². The molecule has 0 N–H and O–H groups in total. The highest BCUT2D eigenvalue weighted by Crippen LogP contribution is 2.45. The van der Waals surface area contributed by atoms with Gasteiger partial charge < -0.3 is 9.64 Å². The predicted octanol–water partition coefficient (Wildman–Crippen LogP) is 2.54. The minimum atomic E-state index is -0.269. The second-order valence-electron chi connectivity index (χ2n) is 8.40. The number of halogens is 1. The Balaban J connectivity index is 1.36. The molecule has 5 rings (SSSR count). The van der Waals surface area contributed by atoms with Crippen molar-refractivity contribution in [2.75, 3.05) is 32.8 Å². The van der Waals surface area contributed by atoms with Gasteiger partial charge in [0, 0.05) is 44.9 Å². The highest BCUT2D eigenvalue weighted by Gasteiger charge is 2.48. The maximum Gasteiger partial charge on any atom is 0.249 e. The largest absolute Gasteiger partial charge is 0.372 e. The zero-order chi connectivity index (χ0) is 21.4. The lowest BCUT2D eigenvalue weighted by atomic mass is 9.89. The van der Waals surface area contributed by atoms with Crippen LogP contribution in [0.25, 0.3) is 5.65 Å². The molecular formula is C23H26FN5O2. The van der Waals surface area contributed by atoms with E-state index in [0.29, 0.717) is 19.1 Å². The van der Waals surface area contributed by atoms with Crippen LogP contribution in [0.4, 0.5) is 4.39 Å². The average molecular weight is 423 g/mol. The van der Waals surface area contributed by atoms with Crippen molar-refractivity contribution in [1.82, 2.24) is 24.4 Å². The van der Waals surface area contributed by atoms with Crippen LogP contribution in [-0.4, -0.2) is 63.2 Å². The van der Waals surface area contributed by atoms with Crippen LogP contribution >= 0.6 is 0 Å². The summed E-state index contributed by atoms with van der Waals surface area (Å²) in [6.07, 6.45) is 3.48. The Hall–Kier alpha value is -2.84. The van der Waals surface area contributed by atoms with E-state index in [1.165, 1.54) is 11.6 Å². The molecule has 2 aliphatic rings. The predicted molar refractivity (Wildman–Crippen MR) is 113 cm³/mol. The number of nitrogens with zero attached hydrogens (tertiary/aromatic N) is 5. The summed E-state index contributed by atoms with van der Waals surface area (Å²) in [5.74, 6) is 0.337. The van der Waals surface area contributed by atoms with Crippen molar-refractivity contribution in [3.63, 3.8) is 0 Å². The third-order valence-electron chi connectivity index (χ3n) is 6.43. The smallest absolute Gasteiger partial charge is 0.249 e. The third kappa shape index (κ3) is 3.93. The monoisotopic (exact) mass is 423 g/mol. The SMILES string of the molecule is CCOCC(=O)N1C[C@@H]2CN(Cc3ccn4ncnc4c3)C[C@@H]2[C@H]1c1cccc(F)c1. The number of hydrogen-bond donors (Lipinski definition) is 0. The number of likely N-dealkylation sites (tertiary alicyclic amines) is 2. The van der Waals surface area contributed by atoms with Crippen molar-refractivity contribution in [3.05, 3.63) is 65.9 Å². The number of carbonyl (C=O) groups excluding carboxylic acids is 1. The van der Waals surface area contributed by atoms with Crippen molar-refractivity contribution >= 4 is 11.6 Å². The van der Waals surface area contributed by atoms with Crippen LogP contribution in [-0.2, 0) is 16.1 Å². The normalized spacial score (nSPS) is 23.5. The van der Waals surface area contributed by atoms with Crippen molar-refractivity contribution < 1.29 is 13.9 Å². The van der Waals surface area contributed by atoms with E-state index in [9.17, 15) is 9.18 Å². The molecule has 0 unspecified atom stereocenters. The number of amides is 1. The van der Waals surface area contributed by atoms with E-state index < -0.39 is 0 Å². The van der Waals surface area contributed by atoms with Crippen molar-refractivity contribution in [1.29, 1.82) is 0 Å². The van der Waals surface area contributed by atoms with Crippen LogP contribution in [0.15, 0.2) is 48.9 Å². The molecular weight excluding hydrogens is 397 g/mol. The summed E-state index contributed by atoms with van der Waals surface area (Å²) in [5, 5.41) is 4.15. The van der Waals surface area contributed by atoms with Crippen LogP contribution in [0, 0.1) is 17.7 Å². The molecule has 2 saturated heterocycles. The minimum absolute atomic E-state index is 0.0191. The lowest BCUT2D eigenvalue weighted by Crippen LogP contribution is -2.37. The molecule has 0 aliphatic carbocycles. The van der Waals surface area contributed by atoms with Crippen LogP contribution in [0.2, 0.25) is 0 Å². The highest BCUT2D eigenvalue weighted by molar-refractivity contribution is 5.78. The van der Waals surface area contributed by atoms with Gasteiger partial charge >= 0.3 is 0 Å². The second kappa shape index (κ2) is 8.36. The highest BCUT2D eigenvalue weighted by atomic mass is 19.1. The van der Waals surface area contributed by atoms with Gasteiger partial charge in [0.15, 0.2) is 5.65 Å². The van der Waals surface area contributed by atoms with Gasteiger partial charge in [0.1, 0.15) is 18.8 Å². The summed E-state index contributed by atoms with van der Waals surface area (Å²) < 4.78 is 21.1. The first-order valence-electron chi connectivity index (χ1n) is 10.8. The maximum atomic E-state index is 14.0. The fraction of sp³-hybridized carbons (Fsp3) is 0.435. The number of benzene rings is 1. The number of rotatable bonds is 6. The first kappa shape index (κ1) is 20.1. The Kier molecular flexibility index (Phi) is 5.41. The quantitative estimate of drug-likeness (QED) is 0.610. The molecule has 7 nitrogen and oxygen atoms in total. The van der Waals surface area contributed by atoms with Gasteiger partial charge in [-0.15, -0.1) is 0 Å². The van der Waals surface area contributed by atoms with Gasteiger partial charge in [0.25, 0.3) is 0 Å². The molecule has 8 heteroatoms. The lowest BCUT2D eigenvalue weighted by Gasteiger charge is -2.30. The number of fused-ring (bicyclic) bond motifs is 2. The molecule has 1 aromatic carbocycles. The van der Waals surface area contributed by atoms with Crippen LogP contribution in [0.5, 0.6) is 0 Å². The lowest BCUT2D eigenvalue weighted by molar-refractivity contribution is -0.137. The summed E-state index contributed by atoms with van der Waals surface area (Å²) in [6.45, 7) is 5.72. The topological polar surface area (TPSA) is 63.0 Å². The number of aromatic nitrogens is 3. The summed E-state index contributed by atoms with van der Waals surface area (Å²) >= 11 is 0. The van der Waals surface area contributed by atoms with Crippen molar-refractivity contribution in [3.8, 4) is 0 Å². The number of pyridine rings is 1. The van der Waals surface area contributed by atoms with E-state index in [-0.39, 0.29) is 30.3 Å². The zero-order valence-electron chi connectivity index (χ0n) is 17.5. The fourth-order valence-electron chi connectivity index (χ4n) is 5.13. The van der Waals surface area contributed by atoms with E-state index in [0.717, 1.165) is 30.8 Å². The summed E-state index contributed by atoms with van der Waals surface area (Å²) in [4.78, 5) is 21.4. The van der Waals surface area contributed by atoms with E-state index in [1.807, 2.05) is 24.1 Å². The summed E-state index contributed by atoms with van der Waals surface area (Å²) in [6, 6.07) is 10.7. The Morgan fingerprint density at radius 3 is 2.97 bits per heavy atom. The average Bonchev–Trinajstić information content (AvgIpc) is 3.45. The first-order valence-corrected chi connectivity index (χ1v) is 10.8. The van der Waals surface area contributed by atoms with Crippen LogP contribution in [0.3, 0.4) is 0 Å². The van der Waals surface area contributed by atoms with Gasteiger partial charge in [-0.25, -0.2) is 13.9 Å². The Bertz CT molecular complexity index is 1090. The van der Waals surface area contributed by atoms with Gasteiger partial charge in [-0.05, 0) is 48.2 Å². The fourth-order valence-corrected chi connectivity index (χ4v) is 5.13. The molecule has 2 aromatic heterocycles. The van der Waals surface area contributed by atoms with Gasteiger partial charge in [-0.3, -0.25) is 9.69 Å². The number of carbonyl (C=O) groups is 1. The molecule has 2 aliphatic heterocycles. The molecule has 4 heterocycles. The van der Waals surface area contributed by atoms with Crippen LogP contribution < -0.4 is 0 Å². The summed E-state index contributed by atoms with van der Waals surface area (Å²) in [5.41, 5.74) is 2.89. The molecule has 2 fully saturated rings. The maximum absolute atomic E-state index is 14.0. The first-order chi connectivity index (χ1) is 15.1. The minimum Gasteiger partial charge on any atom is -0.372 e. The molecule has 3 atom stereocenters. The third-order valence-corrected chi connectivity index (χ3v) is 6.43. The zero-order valence-corrected chi connectivity index (χ0v) is 17.5. The Morgan fingerprint density at radius 2 is 2.13 bits per heavy atom. The van der Waals surface area contributed by atoms with Gasteiger partial charge in [-0.1, -0.05) is 12.1 Å². The number of ether oxygens (including phenoxy) is 1. The van der Waals surface area contributed by atoms with E-state index in [1.54, 1.807) is 23.0 Å². The molecule has 0 spiro atoms. The van der Waals surface area contributed by atoms with E-state index >= 15 is 0 Å². The number of hydrogen-bond acceptors (Lipinski definition) is 5. The molecule has 162 valence electrons. The van der Waals surface area contributed by atoms with Crippen molar-refractivity contribution in [2.45, 2.75) is 19.5 Å². The second-order valence-corrected chi connectivity index (χ2v) is 8.40. The molecule has 31 heavy (non-hydrogen) atoms. The van der Waals surface area contributed by atoms with E-state index in [2.05, 4.69) is 27.1 Å².